The van der Waals surface area contributed by atoms with Crippen LogP contribution >= 0.6 is 0 Å². The summed E-state index contributed by atoms with van der Waals surface area (Å²) in [5.74, 6) is -0.710. The van der Waals surface area contributed by atoms with Crippen LogP contribution in [0.2, 0.25) is 0 Å². The number of pyridine rings is 1. The number of sulfone groups is 1. The highest BCUT2D eigenvalue weighted by atomic mass is 32.2. The van der Waals surface area contributed by atoms with Gasteiger partial charge in [0.1, 0.15) is 28.8 Å². The van der Waals surface area contributed by atoms with E-state index >= 15 is 4.39 Å². The lowest BCUT2D eigenvalue weighted by Gasteiger charge is -2.29. The molecule has 0 aliphatic heterocycles. The van der Waals surface area contributed by atoms with Crippen LogP contribution in [0.5, 0.6) is 5.75 Å². The Morgan fingerprint density at radius 2 is 1.61 bits per heavy atom. The van der Waals surface area contributed by atoms with Crippen LogP contribution in [0, 0.1) is 5.82 Å². The smallest absolute Gasteiger partial charge is 0.425 e. The monoisotopic (exact) mass is 862 g/mol. The van der Waals surface area contributed by atoms with E-state index in [2.05, 4.69) is 22.5 Å². The summed E-state index contributed by atoms with van der Waals surface area (Å²) in [7, 11) is -0.203. The number of carbonyl (C=O) groups is 3. The number of anilines is 3. The number of nitrogens with one attached hydrogen (secondary N) is 2. The second-order valence-corrected chi connectivity index (χ2v) is 19.5. The molecule has 1 saturated carbocycles. The van der Waals surface area contributed by atoms with Crippen molar-refractivity contribution < 1.29 is 41.4 Å². The first kappa shape index (κ1) is 46.6. The van der Waals surface area contributed by atoms with Crippen LogP contribution in [-0.2, 0) is 37.1 Å². The van der Waals surface area contributed by atoms with Crippen LogP contribution in [-0.4, -0.2) is 80.1 Å². The predicted molar refractivity (Wildman–Crippen MR) is 235 cm³/mol. The number of benzene rings is 3. The van der Waals surface area contributed by atoms with Gasteiger partial charge >= 0.3 is 12.2 Å². The molecule has 1 aromatic heterocycles. The first-order valence-corrected chi connectivity index (χ1v) is 22.1. The van der Waals surface area contributed by atoms with Crippen LogP contribution in [0.15, 0.2) is 65.7 Å². The summed E-state index contributed by atoms with van der Waals surface area (Å²) in [6.07, 6.45) is 2.32. The van der Waals surface area contributed by atoms with Crippen molar-refractivity contribution in [3.05, 3.63) is 83.3 Å². The number of rotatable bonds is 16. The number of aromatic nitrogens is 1. The van der Waals surface area contributed by atoms with E-state index in [1.54, 1.807) is 72.9 Å². The van der Waals surface area contributed by atoms with Crippen molar-refractivity contribution in [2.24, 2.45) is 0 Å². The Morgan fingerprint density at radius 1 is 0.934 bits per heavy atom. The van der Waals surface area contributed by atoms with Gasteiger partial charge in [0.15, 0.2) is 15.7 Å². The maximum atomic E-state index is 15.8. The van der Waals surface area contributed by atoms with Gasteiger partial charge in [0, 0.05) is 35.7 Å². The Bertz CT molecular complexity index is 2330. The molecule has 1 atom stereocenters. The third-order valence-corrected chi connectivity index (χ3v) is 12.1. The van der Waals surface area contributed by atoms with E-state index in [9.17, 15) is 22.8 Å². The predicted octanol–water partition coefficient (Wildman–Crippen LogP) is 8.32. The molecule has 1 heterocycles. The highest BCUT2D eigenvalue weighted by molar-refractivity contribution is 7.92. The van der Waals surface area contributed by atoms with Crippen molar-refractivity contribution in [1.82, 2.24) is 15.2 Å². The van der Waals surface area contributed by atoms with Crippen LogP contribution in [0.4, 0.5) is 31.2 Å². The lowest BCUT2D eigenvalue weighted by molar-refractivity contribution is -0.131. The van der Waals surface area contributed by atoms with Gasteiger partial charge in [0.05, 0.1) is 22.9 Å². The minimum Gasteiger partial charge on any atom is -0.493 e. The van der Waals surface area contributed by atoms with Crippen molar-refractivity contribution in [1.29, 1.82) is 0 Å². The average molecular weight is 863 g/mol. The van der Waals surface area contributed by atoms with Crippen molar-refractivity contribution >= 4 is 55.9 Å². The number of fused-ring (bicyclic) bond motifs is 1. The number of ether oxygens (including phenoxy) is 3. The Hall–Kier alpha value is -5.48. The fraction of sp³-hybridized carbons (Fsp3) is 0.467. The molecule has 1 fully saturated rings. The fourth-order valence-electron chi connectivity index (χ4n) is 6.59. The van der Waals surface area contributed by atoms with Gasteiger partial charge in [-0.3, -0.25) is 4.79 Å². The molecule has 16 heteroatoms. The Kier molecular flexibility index (Phi) is 14.6. The van der Waals surface area contributed by atoms with Gasteiger partial charge in [-0.25, -0.2) is 27.4 Å². The number of unbranched alkanes of at least 4 members (excludes halogenated alkanes) is 1. The molecule has 0 spiro atoms. The summed E-state index contributed by atoms with van der Waals surface area (Å²) in [5, 5.41) is 6.07. The highest BCUT2D eigenvalue weighted by Gasteiger charge is 2.39. The molecule has 61 heavy (non-hydrogen) atoms. The van der Waals surface area contributed by atoms with E-state index in [0.717, 1.165) is 24.6 Å². The second kappa shape index (κ2) is 19.1. The molecule has 1 aliphatic carbocycles. The normalized spacial score (nSPS) is 13.7. The van der Waals surface area contributed by atoms with Gasteiger partial charge < -0.3 is 35.5 Å². The van der Waals surface area contributed by atoms with E-state index in [1.165, 1.54) is 23.1 Å². The molecule has 4 N–H and O–H groups in total. The van der Waals surface area contributed by atoms with Crippen molar-refractivity contribution in [2.75, 3.05) is 43.2 Å². The second-order valence-electron chi connectivity index (χ2n) is 17.3. The number of nitrogens with zero attached hydrogens (tertiary/aromatic N) is 3. The number of nitrogen functional groups attached to an aromatic ring is 1. The lowest BCUT2D eigenvalue weighted by atomic mass is 9.99. The minimum absolute atomic E-state index is 0.0178. The van der Waals surface area contributed by atoms with Gasteiger partial charge in [-0.05, 0) is 146 Å². The van der Waals surface area contributed by atoms with Gasteiger partial charge in [-0.1, -0.05) is 19.4 Å². The molecule has 0 saturated heterocycles. The number of carbonyl (C=O) groups excluding carboxylic acids is 3. The summed E-state index contributed by atoms with van der Waals surface area (Å²) in [5.41, 5.74) is 6.65. The summed E-state index contributed by atoms with van der Waals surface area (Å²) < 4.78 is 60.0. The van der Waals surface area contributed by atoms with E-state index in [-0.39, 0.29) is 28.0 Å². The molecule has 1 aliphatic rings. The van der Waals surface area contributed by atoms with Crippen molar-refractivity contribution in [2.45, 2.75) is 115 Å². The largest absolute Gasteiger partial charge is 0.493 e. The SMILES string of the molecule is CCCCOc1ccc(C(Nc2ccc3c(N(C(=O)OC(C)(C)C)C(=O)OC(C)(C)C)ncc(F)c3c2)C(=O)N(C)Cc2cc(N)ccc2S(=O)(=O)C2CC2)cc1CCNC. The third-order valence-electron chi connectivity index (χ3n) is 9.70. The summed E-state index contributed by atoms with van der Waals surface area (Å²) in [6.45, 7) is 13.0. The molecule has 3 amide bonds. The molecule has 1 unspecified atom stereocenters. The third kappa shape index (κ3) is 11.9. The number of nitrogens with two attached hydrogens (primary N) is 1. The molecule has 0 bridgehead atoms. The van der Waals surface area contributed by atoms with E-state index in [1.807, 2.05) is 19.2 Å². The topological polar surface area (TPSA) is 182 Å². The zero-order chi connectivity index (χ0) is 44.9. The van der Waals surface area contributed by atoms with Crippen LogP contribution in [0.1, 0.15) is 96.9 Å². The molecule has 14 nitrogen and oxygen atoms in total. The fourth-order valence-corrected chi connectivity index (χ4v) is 8.45. The molecule has 3 aromatic carbocycles. The highest BCUT2D eigenvalue weighted by Crippen LogP contribution is 2.37. The lowest BCUT2D eigenvalue weighted by Crippen LogP contribution is -2.44. The Labute approximate surface area is 358 Å². The summed E-state index contributed by atoms with van der Waals surface area (Å²) in [6, 6.07) is 13.6. The van der Waals surface area contributed by atoms with Crippen LogP contribution in [0.25, 0.3) is 10.8 Å². The van der Waals surface area contributed by atoms with Gasteiger partial charge in [0.2, 0.25) is 5.91 Å². The molecule has 4 aromatic rings. The van der Waals surface area contributed by atoms with Gasteiger partial charge in [-0.2, -0.15) is 4.90 Å². The van der Waals surface area contributed by atoms with Gasteiger partial charge in [-0.15, -0.1) is 0 Å². The standard InChI is InChI=1S/C45H59FN6O8S/c1-10-11-22-58-37-18-12-29(23-28(37)20-21-48-8)39(41(53)51(9)27-30-24-31(47)13-19-38(30)61(56,57)33-15-16-33)50-32-14-17-34-35(25-32)36(46)26-49-40(34)52(42(54)59-44(2,3)4)43(55)60-45(5,6)7/h12-14,17-19,23-26,33,39,48,50H,10-11,15-16,20-22,27,47H2,1-9H3. The number of hydrogen-bond donors (Lipinski definition) is 3. The average Bonchev–Trinajstić information content (AvgIpc) is 4.03. The zero-order valence-electron chi connectivity index (χ0n) is 36.6. The first-order chi connectivity index (χ1) is 28.6. The number of likely N-dealkylation sites (N-methyl/N-ethyl adjacent to an activating group) is 2. The maximum Gasteiger partial charge on any atom is 0.425 e. The van der Waals surface area contributed by atoms with E-state index in [4.69, 9.17) is 19.9 Å². The van der Waals surface area contributed by atoms with Crippen LogP contribution < -0.4 is 26.0 Å². The maximum absolute atomic E-state index is 15.8. The minimum atomic E-state index is -3.63. The Morgan fingerprint density at radius 3 is 2.21 bits per heavy atom. The van der Waals surface area contributed by atoms with Crippen molar-refractivity contribution in [3.63, 3.8) is 0 Å². The summed E-state index contributed by atoms with van der Waals surface area (Å²) >= 11 is 0. The molecule has 330 valence electrons. The number of hydrogen-bond acceptors (Lipinski definition) is 12. The zero-order valence-corrected chi connectivity index (χ0v) is 37.4. The first-order valence-electron chi connectivity index (χ1n) is 20.5. The van der Waals surface area contributed by atoms with Crippen LogP contribution in [0.3, 0.4) is 0 Å². The van der Waals surface area contributed by atoms with E-state index < -0.39 is 56.2 Å². The number of amides is 3. The molecule has 0 radical (unpaired) electrons. The quantitative estimate of drug-likeness (QED) is 0.0725. The van der Waals surface area contributed by atoms with Gasteiger partial charge in [0.25, 0.3) is 0 Å². The number of halogens is 1. The molecular formula is C45H59FN6O8S. The molecular weight excluding hydrogens is 804 g/mol. The number of imide groups is 1. The van der Waals surface area contributed by atoms with Crippen molar-refractivity contribution in [3.8, 4) is 5.75 Å². The summed E-state index contributed by atoms with van der Waals surface area (Å²) in [4.78, 5) is 48.2. The van der Waals surface area contributed by atoms with E-state index in [0.29, 0.717) is 65.6 Å². The Balaban J connectivity index is 1.59. The molecule has 5 rings (SSSR count).